The van der Waals surface area contributed by atoms with Crippen LogP contribution in [0.25, 0.3) is 0 Å². The molecule has 3 heterocycles. The Morgan fingerprint density at radius 1 is 1.17 bits per heavy atom. The number of halogens is 2. The first kappa shape index (κ1) is 21.0. The van der Waals surface area contributed by atoms with Crippen LogP contribution in [-0.2, 0) is 6.42 Å². The van der Waals surface area contributed by atoms with Gasteiger partial charge < -0.3 is 9.64 Å². The van der Waals surface area contributed by atoms with Crippen LogP contribution < -0.4 is 4.74 Å². The molecular formula is C22H21BrFN3O2S. The Morgan fingerprint density at radius 2 is 2.00 bits per heavy atom. The number of rotatable bonds is 6. The number of piperazine rings is 1. The van der Waals surface area contributed by atoms with Crippen molar-refractivity contribution in [2.45, 2.75) is 6.42 Å². The summed E-state index contributed by atoms with van der Waals surface area (Å²) in [5.41, 5.74) is 0.403. The number of amides is 1. The van der Waals surface area contributed by atoms with E-state index in [1.54, 1.807) is 29.7 Å². The molecule has 1 amide bonds. The van der Waals surface area contributed by atoms with Gasteiger partial charge in [-0.1, -0.05) is 6.07 Å². The maximum absolute atomic E-state index is 13.3. The monoisotopic (exact) mass is 489 g/mol. The number of pyridine rings is 1. The van der Waals surface area contributed by atoms with Crippen LogP contribution in [0.2, 0.25) is 0 Å². The predicted octanol–water partition coefficient (Wildman–Crippen LogP) is 4.84. The van der Waals surface area contributed by atoms with Crippen molar-refractivity contribution in [3.8, 4) is 11.6 Å². The summed E-state index contributed by atoms with van der Waals surface area (Å²) in [7, 11) is 0. The maximum Gasteiger partial charge on any atom is 0.259 e. The molecule has 3 aromatic rings. The Kier molecular flexibility index (Phi) is 6.76. The number of carbonyl (C=O) groups excluding carboxylic acids is 1. The van der Waals surface area contributed by atoms with Gasteiger partial charge in [-0.3, -0.25) is 9.69 Å². The van der Waals surface area contributed by atoms with Crippen LogP contribution in [0.1, 0.15) is 15.2 Å². The zero-order valence-corrected chi connectivity index (χ0v) is 18.7. The molecule has 0 atom stereocenters. The van der Waals surface area contributed by atoms with E-state index in [0.717, 1.165) is 26.1 Å². The summed E-state index contributed by atoms with van der Waals surface area (Å²) in [6, 6.07) is 11.8. The lowest BCUT2D eigenvalue weighted by Gasteiger charge is -2.34. The van der Waals surface area contributed by atoms with Crippen molar-refractivity contribution in [3.63, 3.8) is 0 Å². The normalized spacial score (nSPS) is 14.7. The molecule has 0 N–H and O–H groups in total. The van der Waals surface area contributed by atoms with Gasteiger partial charge >= 0.3 is 0 Å². The summed E-state index contributed by atoms with van der Waals surface area (Å²) < 4.78 is 19.6. The maximum atomic E-state index is 13.3. The molecule has 8 heteroatoms. The van der Waals surface area contributed by atoms with Crippen molar-refractivity contribution in [2.75, 3.05) is 32.7 Å². The topological polar surface area (TPSA) is 45.7 Å². The minimum atomic E-state index is -0.372. The van der Waals surface area contributed by atoms with Crippen LogP contribution in [-0.4, -0.2) is 53.4 Å². The molecule has 5 nitrogen and oxygen atoms in total. The van der Waals surface area contributed by atoms with E-state index in [0.29, 0.717) is 28.9 Å². The van der Waals surface area contributed by atoms with Crippen LogP contribution in [0.3, 0.4) is 0 Å². The minimum Gasteiger partial charge on any atom is -0.437 e. The van der Waals surface area contributed by atoms with Gasteiger partial charge in [0.25, 0.3) is 5.91 Å². The van der Waals surface area contributed by atoms with E-state index in [1.807, 2.05) is 4.90 Å². The second kappa shape index (κ2) is 9.68. The number of carbonyl (C=O) groups is 1. The molecule has 1 aliphatic rings. The van der Waals surface area contributed by atoms with Crippen LogP contribution in [0, 0.1) is 5.82 Å². The lowest BCUT2D eigenvalue weighted by Crippen LogP contribution is -2.49. The Bertz CT molecular complexity index is 1010. The van der Waals surface area contributed by atoms with Crippen molar-refractivity contribution in [2.24, 2.45) is 0 Å². The van der Waals surface area contributed by atoms with Crippen molar-refractivity contribution in [3.05, 3.63) is 74.8 Å². The van der Waals surface area contributed by atoms with Crippen molar-refractivity contribution in [1.29, 1.82) is 0 Å². The average Bonchev–Trinajstić information content (AvgIpc) is 3.28. The first-order valence-corrected chi connectivity index (χ1v) is 11.4. The van der Waals surface area contributed by atoms with Gasteiger partial charge in [0.2, 0.25) is 5.88 Å². The highest BCUT2D eigenvalue weighted by Crippen LogP contribution is 2.31. The quantitative estimate of drug-likeness (QED) is 0.497. The molecule has 1 aromatic carbocycles. The van der Waals surface area contributed by atoms with Gasteiger partial charge in [-0.15, -0.1) is 11.3 Å². The number of nitrogens with zero attached hydrogens (tertiary/aromatic N) is 3. The van der Waals surface area contributed by atoms with E-state index >= 15 is 0 Å². The molecule has 0 saturated carbocycles. The van der Waals surface area contributed by atoms with Gasteiger partial charge in [-0.2, -0.15) is 0 Å². The molecule has 156 valence electrons. The Hall–Kier alpha value is -2.29. The third kappa shape index (κ3) is 5.06. The zero-order valence-electron chi connectivity index (χ0n) is 16.3. The number of thiophene rings is 1. The summed E-state index contributed by atoms with van der Waals surface area (Å²) in [4.78, 5) is 23.0. The molecule has 1 fully saturated rings. The summed E-state index contributed by atoms with van der Waals surface area (Å²) >= 11 is 5.07. The molecule has 4 rings (SSSR count). The van der Waals surface area contributed by atoms with Crippen LogP contribution in [0.15, 0.2) is 58.5 Å². The summed E-state index contributed by atoms with van der Waals surface area (Å²) in [5.74, 6) is 0.148. The van der Waals surface area contributed by atoms with Crippen LogP contribution in [0.4, 0.5) is 4.39 Å². The zero-order chi connectivity index (χ0) is 20.9. The first-order valence-electron chi connectivity index (χ1n) is 9.72. The highest BCUT2D eigenvalue weighted by molar-refractivity contribution is 9.10. The number of aromatic nitrogens is 1. The molecule has 0 radical (unpaired) electrons. The Morgan fingerprint density at radius 3 is 2.73 bits per heavy atom. The highest BCUT2D eigenvalue weighted by Gasteiger charge is 2.25. The third-order valence-corrected chi connectivity index (χ3v) is 6.57. The summed E-state index contributed by atoms with van der Waals surface area (Å²) in [6.45, 7) is 4.02. The van der Waals surface area contributed by atoms with E-state index in [4.69, 9.17) is 4.74 Å². The van der Waals surface area contributed by atoms with E-state index < -0.39 is 0 Å². The molecule has 0 unspecified atom stereocenters. The molecular weight excluding hydrogens is 469 g/mol. The van der Waals surface area contributed by atoms with Gasteiger partial charge in [-0.25, -0.2) is 9.37 Å². The van der Waals surface area contributed by atoms with E-state index in [2.05, 4.69) is 43.3 Å². The fourth-order valence-electron chi connectivity index (χ4n) is 3.37. The second-order valence-corrected chi connectivity index (χ2v) is 8.88. The van der Waals surface area contributed by atoms with E-state index in [-0.39, 0.29) is 17.6 Å². The van der Waals surface area contributed by atoms with Gasteiger partial charge in [-0.05, 0) is 64.1 Å². The second-order valence-electron chi connectivity index (χ2n) is 7.00. The van der Waals surface area contributed by atoms with Crippen molar-refractivity contribution in [1.82, 2.24) is 14.8 Å². The third-order valence-electron chi connectivity index (χ3n) is 5.02. The van der Waals surface area contributed by atoms with Crippen LogP contribution in [0.5, 0.6) is 11.6 Å². The average molecular weight is 490 g/mol. The number of ether oxygens (including phenoxy) is 1. The largest absolute Gasteiger partial charge is 0.437 e. The molecule has 0 aliphatic carbocycles. The highest BCUT2D eigenvalue weighted by atomic mass is 79.9. The fourth-order valence-corrected chi connectivity index (χ4v) is 4.50. The SMILES string of the molecule is O=C(c1cccnc1Oc1ccc(F)cc1Br)N1CCN(CCc2cccs2)CC1. The molecule has 1 aliphatic heterocycles. The molecule has 1 saturated heterocycles. The molecule has 2 aromatic heterocycles. The van der Waals surface area contributed by atoms with Gasteiger partial charge in [0.1, 0.15) is 17.1 Å². The number of hydrogen-bond acceptors (Lipinski definition) is 5. The molecule has 0 bridgehead atoms. The number of hydrogen-bond donors (Lipinski definition) is 0. The van der Waals surface area contributed by atoms with E-state index in [1.165, 1.54) is 23.1 Å². The molecule has 0 spiro atoms. The summed E-state index contributed by atoms with van der Waals surface area (Å²) in [6.07, 6.45) is 2.62. The van der Waals surface area contributed by atoms with Crippen molar-refractivity contribution >= 4 is 33.2 Å². The lowest BCUT2D eigenvalue weighted by molar-refractivity contribution is 0.0635. The van der Waals surface area contributed by atoms with Gasteiger partial charge in [0.15, 0.2) is 0 Å². The predicted molar refractivity (Wildman–Crippen MR) is 119 cm³/mol. The fraction of sp³-hybridized carbons (Fsp3) is 0.273. The summed E-state index contributed by atoms with van der Waals surface area (Å²) in [5, 5.41) is 2.10. The molecule has 30 heavy (non-hydrogen) atoms. The van der Waals surface area contributed by atoms with Crippen LogP contribution >= 0.6 is 27.3 Å². The Balaban J connectivity index is 1.39. The smallest absolute Gasteiger partial charge is 0.259 e. The number of benzene rings is 1. The minimum absolute atomic E-state index is 0.103. The Labute approximate surface area is 187 Å². The van der Waals surface area contributed by atoms with E-state index in [9.17, 15) is 9.18 Å². The van der Waals surface area contributed by atoms with Gasteiger partial charge in [0, 0.05) is 43.8 Å². The lowest BCUT2D eigenvalue weighted by atomic mass is 10.2. The standard InChI is InChI=1S/C22H21BrFN3O2S/c23-19-15-16(24)5-6-20(19)29-21-18(4-1-8-25-21)22(28)27-12-10-26(11-13-27)9-7-17-3-2-14-30-17/h1-6,8,14-15H,7,9-13H2. The first-order chi connectivity index (χ1) is 14.6. The van der Waals surface area contributed by atoms with Crippen molar-refractivity contribution < 1.29 is 13.9 Å². The van der Waals surface area contributed by atoms with Gasteiger partial charge in [0.05, 0.1) is 4.47 Å².